The zero-order valence-corrected chi connectivity index (χ0v) is 22.7. The number of ether oxygens (including phenoxy) is 2. The Morgan fingerprint density at radius 3 is 2.49 bits per heavy atom. The van der Waals surface area contributed by atoms with Crippen LogP contribution < -0.4 is 5.32 Å². The van der Waals surface area contributed by atoms with Crippen molar-refractivity contribution in [3.05, 3.63) is 105 Å². The highest BCUT2D eigenvalue weighted by atomic mass is 16.6. The number of esters is 2. The summed E-state index contributed by atoms with van der Waals surface area (Å²) in [7, 11) is 1.18. The van der Waals surface area contributed by atoms with E-state index in [1.54, 1.807) is 56.6 Å². The largest absolute Gasteiger partial charge is 0.481 e. The minimum absolute atomic E-state index is 0.0342. The van der Waals surface area contributed by atoms with Gasteiger partial charge in [0.2, 0.25) is 0 Å². The molecule has 4 rings (SSSR count). The highest BCUT2D eigenvalue weighted by Crippen LogP contribution is 2.51. The monoisotopic (exact) mass is 562 g/mol. The summed E-state index contributed by atoms with van der Waals surface area (Å²) in [5.74, 6) is -3.03. The van der Waals surface area contributed by atoms with E-state index in [0.717, 1.165) is 11.4 Å². The van der Waals surface area contributed by atoms with Gasteiger partial charge in [-0.05, 0) is 37.1 Å². The third-order valence-electron chi connectivity index (χ3n) is 7.50. The van der Waals surface area contributed by atoms with Gasteiger partial charge in [0, 0.05) is 55.0 Å². The molecule has 2 heterocycles. The average molecular weight is 563 g/mol. The van der Waals surface area contributed by atoms with Gasteiger partial charge >= 0.3 is 17.9 Å². The predicted octanol–water partition coefficient (Wildman–Crippen LogP) is 3.75. The maximum atomic E-state index is 13.1. The number of methoxy groups -OCH3 is 1. The van der Waals surface area contributed by atoms with Crippen molar-refractivity contribution in [3.63, 3.8) is 0 Å². The van der Waals surface area contributed by atoms with Gasteiger partial charge in [0.1, 0.15) is 11.2 Å². The smallest absolute Gasteiger partial charge is 0.338 e. The van der Waals surface area contributed by atoms with Crippen molar-refractivity contribution in [2.24, 2.45) is 5.41 Å². The van der Waals surface area contributed by atoms with Gasteiger partial charge in [-0.25, -0.2) is 14.6 Å². The number of nitrogens with zero attached hydrogens (tertiary/aromatic N) is 2. The first kappa shape index (κ1) is 29.0. The molecular weight excluding hydrogens is 532 g/mol. The molecule has 214 valence electrons. The standard InChI is InChI=1S/C29H30N4O8/c1-17-24(27(35)40-3)25(21-5-4-6-22(16-21)33(38)39)29(28(36)37,18(2)32-17)11-14-41-26(34)20-9-7-19(8-10-20)15-23-30-12-13-31-23/h4-10,12-13,16,18,25,32H,11,14-15H2,1-3H3,(H,30,31)(H,36,37). The van der Waals surface area contributed by atoms with E-state index in [0.29, 0.717) is 12.1 Å². The lowest BCUT2D eigenvalue weighted by atomic mass is 9.60. The Kier molecular flexibility index (Phi) is 8.51. The number of nitrogens with one attached hydrogen (secondary N) is 2. The Morgan fingerprint density at radius 1 is 1.15 bits per heavy atom. The Morgan fingerprint density at radius 2 is 1.88 bits per heavy atom. The lowest BCUT2D eigenvalue weighted by Gasteiger charge is -2.47. The van der Waals surface area contributed by atoms with Crippen molar-refractivity contribution in [2.45, 2.75) is 38.6 Å². The van der Waals surface area contributed by atoms with E-state index < -0.39 is 40.2 Å². The van der Waals surface area contributed by atoms with Crippen LogP contribution in [0.2, 0.25) is 0 Å². The zero-order valence-electron chi connectivity index (χ0n) is 22.7. The second-order valence-corrected chi connectivity index (χ2v) is 9.82. The first-order chi connectivity index (χ1) is 19.6. The van der Waals surface area contributed by atoms with Gasteiger partial charge in [0.25, 0.3) is 5.69 Å². The summed E-state index contributed by atoms with van der Waals surface area (Å²) < 4.78 is 10.5. The summed E-state index contributed by atoms with van der Waals surface area (Å²) in [5, 5.41) is 25.2. The number of rotatable bonds is 10. The number of carboxylic acid groups (broad SMARTS) is 1. The minimum Gasteiger partial charge on any atom is -0.481 e. The summed E-state index contributed by atoms with van der Waals surface area (Å²) in [4.78, 5) is 57.0. The number of aromatic nitrogens is 2. The first-order valence-electron chi connectivity index (χ1n) is 12.9. The molecule has 0 bridgehead atoms. The van der Waals surface area contributed by atoms with Gasteiger partial charge in [-0.15, -0.1) is 0 Å². The third-order valence-corrected chi connectivity index (χ3v) is 7.50. The molecule has 3 N–H and O–H groups in total. The second-order valence-electron chi connectivity index (χ2n) is 9.82. The number of carbonyl (C=O) groups excluding carboxylic acids is 2. The molecule has 1 aliphatic rings. The van der Waals surface area contributed by atoms with Crippen molar-refractivity contribution in [1.29, 1.82) is 0 Å². The van der Waals surface area contributed by atoms with Crippen LogP contribution in [0.3, 0.4) is 0 Å². The van der Waals surface area contributed by atoms with Gasteiger partial charge in [0.05, 0.1) is 29.8 Å². The molecule has 3 unspecified atom stereocenters. The molecule has 0 aliphatic carbocycles. The molecule has 41 heavy (non-hydrogen) atoms. The number of carbonyl (C=O) groups is 3. The first-order valence-corrected chi connectivity index (χ1v) is 12.9. The Hall–Kier alpha value is -5.00. The number of imidazole rings is 1. The summed E-state index contributed by atoms with van der Waals surface area (Å²) in [5.41, 5.74) is -0.0820. The van der Waals surface area contributed by atoms with Crippen LogP contribution in [-0.4, -0.2) is 57.7 Å². The fraction of sp³-hybridized carbons (Fsp3) is 0.310. The lowest BCUT2D eigenvalue weighted by Crippen LogP contribution is -2.57. The van der Waals surface area contributed by atoms with Crippen LogP contribution in [0.5, 0.6) is 0 Å². The molecule has 3 aromatic rings. The number of aromatic amines is 1. The fourth-order valence-corrected chi connectivity index (χ4v) is 5.44. The van der Waals surface area contributed by atoms with Gasteiger partial charge < -0.3 is 24.9 Å². The van der Waals surface area contributed by atoms with E-state index in [1.165, 1.54) is 25.3 Å². The van der Waals surface area contributed by atoms with Crippen LogP contribution in [0.4, 0.5) is 5.69 Å². The van der Waals surface area contributed by atoms with E-state index in [1.807, 2.05) is 0 Å². The quantitative estimate of drug-likeness (QED) is 0.188. The molecule has 0 saturated heterocycles. The fourth-order valence-electron chi connectivity index (χ4n) is 5.44. The van der Waals surface area contributed by atoms with Crippen LogP contribution in [0.25, 0.3) is 0 Å². The zero-order chi connectivity index (χ0) is 29.7. The molecule has 12 heteroatoms. The molecule has 0 amide bonds. The Labute approximate surface area is 235 Å². The number of aliphatic carboxylic acids is 1. The number of nitro benzene ring substituents is 1. The van der Waals surface area contributed by atoms with E-state index in [4.69, 9.17) is 9.47 Å². The van der Waals surface area contributed by atoms with Crippen molar-refractivity contribution in [3.8, 4) is 0 Å². The molecule has 0 radical (unpaired) electrons. The van der Waals surface area contributed by atoms with Crippen LogP contribution in [0.15, 0.2) is 72.2 Å². The number of hydrogen-bond donors (Lipinski definition) is 3. The average Bonchev–Trinajstić information content (AvgIpc) is 3.46. The van der Waals surface area contributed by atoms with Crippen molar-refractivity contribution < 1.29 is 33.9 Å². The summed E-state index contributed by atoms with van der Waals surface area (Å²) in [6.45, 7) is 2.98. The molecule has 0 spiro atoms. The number of H-pyrrole nitrogens is 1. The predicted molar refractivity (Wildman–Crippen MR) is 146 cm³/mol. The SMILES string of the molecule is COC(=O)C1=C(C)NC(C)C(CCOC(=O)c2ccc(Cc3ncc[nH]3)cc2)(C(=O)O)C1c1cccc([N+](=O)[O-])c1. The Bertz CT molecular complexity index is 1480. The minimum atomic E-state index is -1.73. The molecule has 0 fully saturated rings. The number of hydrogen-bond acceptors (Lipinski definition) is 9. The van der Waals surface area contributed by atoms with Gasteiger partial charge in [-0.3, -0.25) is 14.9 Å². The number of carboxylic acids is 1. The highest BCUT2D eigenvalue weighted by molar-refractivity contribution is 5.94. The lowest BCUT2D eigenvalue weighted by molar-refractivity contribution is -0.384. The molecule has 0 saturated carbocycles. The normalized spacial score (nSPS) is 20.2. The van der Waals surface area contributed by atoms with Gasteiger partial charge in [-0.1, -0.05) is 24.3 Å². The topological polar surface area (TPSA) is 174 Å². The van der Waals surface area contributed by atoms with E-state index in [2.05, 4.69) is 15.3 Å². The summed E-state index contributed by atoms with van der Waals surface area (Å²) in [6.07, 6.45) is 3.74. The molecule has 1 aliphatic heterocycles. The van der Waals surface area contributed by atoms with Crippen molar-refractivity contribution >= 4 is 23.6 Å². The number of benzene rings is 2. The van der Waals surface area contributed by atoms with Crippen LogP contribution >= 0.6 is 0 Å². The second kappa shape index (κ2) is 12.0. The summed E-state index contributed by atoms with van der Waals surface area (Å²) in [6, 6.07) is 11.6. The highest BCUT2D eigenvalue weighted by Gasteiger charge is 2.56. The Balaban J connectivity index is 1.62. The number of nitro groups is 1. The number of allylic oxidation sites excluding steroid dienone is 1. The van der Waals surface area contributed by atoms with Crippen LogP contribution in [0.1, 0.15) is 53.5 Å². The van der Waals surface area contributed by atoms with E-state index >= 15 is 0 Å². The van der Waals surface area contributed by atoms with E-state index in [9.17, 15) is 29.6 Å². The maximum absolute atomic E-state index is 13.1. The van der Waals surface area contributed by atoms with Crippen molar-refractivity contribution in [2.75, 3.05) is 13.7 Å². The summed E-state index contributed by atoms with van der Waals surface area (Å²) >= 11 is 0. The number of non-ortho nitro benzene ring substituents is 1. The van der Waals surface area contributed by atoms with Crippen LogP contribution in [-0.2, 0) is 25.5 Å². The molecule has 12 nitrogen and oxygen atoms in total. The maximum Gasteiger partial charge on any atom is 0.338 e. The molecule has 3 atom stereocenters. The van der Waals surface area contributed by atoms with Crippen LogP contribution in [0, 0.1) is 15.5 Å². The molecular formula is C29H30N4O8. The van der Waals surface area contributed by atoms with Gasteiger partial charge in [0.15, 0.2) is 0 Å². The van der Waals surface area contributed by atoms with Crippen molar-refractivity contribution in [1.82, 2.24) is 15.3 Å². The molecule has 2 aromatic carbocycles. The van der Waals surface area contributed by atoms with Gasteiger partial charge in [-0.2, -0.15) is 0 Å². The third kappa shape index (κ3) is 5.81. The molecule has 1 aromatic heterocycles. The van der Waals surface area contributed by atoms with E-state index in [-0.39, 0.29) is 35.4 Å².